The third-order valence-corrected chi connectivity index (χ3v) is 3.88. The maximum absolute atomic E-state index is 13.4. The molecule has 21 heavy (non-hydrogen) atoms. The summed E-state index contributed by atoms with van der Waals surface area (Å²) in [6, 6.07) is 4.67. The van der Waals surface area contributed by atoms with Gasteiger partial charge in [0.1, 0.15) is 5.82 Å². The van der Waals surface area contributed by atoms with Crippen molar-refractivity contribution in [2.45, 2.75) is 26.2 Å². The van der Waals surface area contributed by atoms with Crippen LogP contribution in [0.25, 0.3) is 0 Å². The van der Waals surface area contributed by atoms with E-state index in [-0.39, 0.29) is 11.6 Å². The fourth-order valence-electron chi connectivity index (χ4n) is 2.07. The van der Waals surface area contributed by atoms with Gasteiger partial charge in [-0.25, -0.2) is 4.39 Å². The lowest BCUT2D eigenvalue weighted by atomic mass is 10.1. The van der Waals surface area contributed by atoms with Gasteiger partial charge in [-0.1, -0.05) is 12.1 Å². The Balaban J connectivity index is 1.65. The fraction of sp³-hybridized carbons (Fsp3) is 0.588. The molecule has 0 aromatic heterocycles. The van der Waals surface area contributed by atoms with E-state index in [2.05, 4.69) is 4.90 Å². The summed E-state index contributed by atoms with van der Waals surface area (Å²) in [5, 5.41) is 0. The fourth-order valence-corrected chi connectivity index (χ4v) is 2.07. The van der Waals surface area contributed by atoms with Gasteiger partial charge in [0.05, 0.1) is 6.61 Å². The minimum atomic E-state index is -0.317. The highest BCUT2D eigenvalue weighted by Gasteiger charge is 2.21. The maximum Gasteiger partial charge on any atom is 0.164 e. The molecule has 4 heteroatoms. The number of halogens is 1. The second-order valence-corrected chi connectivity index (χ2v) is 5.96. The molecule has 1 fully saturated rings. The summed E-state index contributed by atoms with van der Waals surface area (Å²) in [5.74, 6) is 0.454. The molecule has 116 valence electrons. The van der Waals surface area contributed by atoms with Crippen molar-refractivity contribution in [3.05, 3.63) is 35.1 Å². The summed E-state index contributed by atoms with van der Waals surface area (Å²) in [6.45, 7) is 4.76. The molecule has 0 saturated heterocycles. The molecular weight excluding hydrogens is 269 g/mol. The van der Waals surface area contributed by atoms with Crippen LogP contribution in [0, 0.1) is 18.7 Å². The number of ether oxygens (including phenoxy) is 1. The molecular formula is C17H24FNO2. The average Bonchev–Trinajstić information content (AvgIpc) is 3.28. The highest BCUT2D eigenvalue weighted by Crippen LogP contribution is 2.28. The summed E-state index contributed by atoms with van der Waals surface area (Å²) in [4.78, 5) is 14.1. The molecule has 0 amide bonds. The van der Waals surface area contributed by atoms with E-state index in [1.165, 1.54) is 18.9 Å². The minimum Gasteiger partial charge on any atom is -0.380 e. The number of hydrogen-bond donors (Lipinski definition) is 0. The van der Waals surface area contributed by atoms with Gasteiger partial charge in [0.2, 0.25) is 0 Å². The SMILES string of the molecule is Cc1ccc(C(=O)CCN(C)CCOCC2CC2)cc1F. The normalized spacial score (nSPS) is 14.7. The number of carbonyl (C=O) groups is 1. The first kappa shape index (κ1) is 16.1. The third kappa shape index (κ3) is 5.56. The summed E-state index contributed by atoms with van der Waals surface area (Å²) < 4.78 is 19.0. The Bertz CT molecular complexity index is 486. The largest absolute Gasteiger partial charge is 0.380 e. The Morgan fingerprint density at radius 2 is 2.14 bits per heavy atom. The highest BCUT2D eigenvalue weighted by molar-refractivity contribution is 5.96. The number of aryl methyl sites for hydroxylation is 1. The van der Waals surface area contributed by atoms with Crippen LogP contribution in [0.1, 0.15) is 35.2 Å². The van der Waals surface area contributed by atoms with Gasteiger partial charge in [-0.3, -0.25) is 4.79 Å². The molecule has 1 aliphatic carbocycles. The van der Waals surface area contributed by atoms with Crippen molar-refractivity contribution >= 4 is 5.78 Å². The average molecular weight is 293 g/mol. The number of carbonyl (C=O) groups excluding carboxylic acids is 1. The first-order valence-electron chi connectivity index (χ1n) is 7.62. The van der Waals surface area contributed by atoms with Gasteiger partial charge in [-0.05, 0) is 44.4 Å². The molecule has 0 N–H and O–H groups in total. The zero-order valence-electron chi connectivity index (χ0n) is 12.9. The van der Waals surface area contributed by atoms with Gasteiger partial charge >= 0.3 is 0 Å². The van der Waals surface area contributed by atoms with Crippen LogP contribution in [0.2, 0.25) is 0 Å². The molecule has 0 radical (unpaired) electrons. The molecule has 0 atom stereocenters. The number of benzene rings is 1. The maximum atomic E-state index is 13.4. The van der Waals surface area contributed by atoms with Gasteiger partial charge in [-0.2, -0.15) is 0 Å². The van der Waals surface area contributed by atoms with Crippen molar-refractivity contribution in [1.82, 2.24) is 4.90 Å². The molecule has 2 rings (SSSR count). The van der Waals surface area contributed by atoms with Crippen LogP contribution in [0.5, 0.6) is 0 Å². The number of nitrogens with zero attached hydrogens (tertiary/aromatic N) is 1. The molecule has 3 nitrogen and oxygen atoms in total. The number of Topliss-reactive ketones (excluding diaryl/α,β-unsaturated/α-hetero) is 1. The molecule has 1 aromatic carbocycles. The van der Waals surface area contributed by atoms with E-state index in [0.29, 0.717) is 30.7 Å². The Morgan fingerprint density at radius 3 is 2.81 bits per heavy atom. The first-order chi connectivity index (χ1) is 10.1. The van der Waals surface area contributed by atoms with E-state index in [4.69, 9.17) is 4.74 Å². The van der Waals surface area contributed by atoms with Crippen molar-refractivity contribution in [2.75, 3.05) is 33.4 Å². The van der Waals surface area contributed by atoms with Crippen molar-refractivity contribution in [2.24, 2.45) is 5.92 Å². The zero-order chi connectivity index (χ0) is 15.2. The predicted octanol–water partition coefficient (Wildman–Crippen LogP) is 3.07. The van der Waals surface area contributed by atoms with Crippen LogP contribution in [0.3, 0.4) is 0 Å². The van der Waals surface area contributed by atoms with Crippen LogP contribution < -0.4 is 0 Å². The van der Waals surface area contributed by atoms with Gasteiger partial charge in [0.25, 0.3) is 0 Å². The Morgan fingerprint density at radius 1 is 1.38 bits per heavy atom. The number of rotatable bonds is 9. The van der Waals surface area contributed by atoms with E-state index < -0.39 is 0 Å². The summed E-state index contributed by atoms with van der Waals surface area (Å²) >= 11 is 0. The Hall–Kier alpha value is -1.26. The van der Waals surface area contributed by atoms with Gasteiger partial charge < -0.3 is 9.64 Å². The second kappa shape index (κ2) is 7.66. The van der Waals surface area contributed by atoms with Gasteiger partial charge in [0.15, 0.2) is 5.78 Å². The lowest BCUT2D eigenvalue weighted by molar-refractivity contribution is 0.0918. The van der Waals surface area contributed by atoms with Crippen LogP contribution in [0.15, 0.2) is 18.2 Å². The molecule has 0 unspecified atom stereocenters. The molecule has 1 aliphatic rings. The smallest absolute Gasteiger partial charge is 0.164 e. The molecule has 1 saturated carbocycles. The second-order valence-electron chi connectivity index (χ2n) is 5.96. The molecule has 0 aliphatic heterocycles. The summed E-state index contributed by atoms with van der Waals surface area (Å²) in [5.41, 5.74) is 1.02. The van der Waals surface area contributed by atoms with Crippen LogP contribution in [0.4, 0.5) is 4.39 Å². The van der Waals surface area contributed by atoms with Gasteiger partial charge in [-0.15, -0.1) is 0 Å². The highest BCUT2D eigenvalue weighted by atomic mass is 19.1. The van der Waals surface area contributed by atoms with E-state index in [1.54, 1.807) is 19.1 Å². The number of hydrogen-bond acceptors (Lipinski definition) is 3. The minimum absolute atomic E-state index is 0.0142. The van der Waals surface area contributed by atoms with E-state index >= 15 is 0 Å². The summed E-state index contributed by atoms with van der Waals surface area (Å²) in [7, 11) is 1.98. The number of likely N-dealkylation sites (N-methyl/N-ethyl adjacent to an activating group) is 1. The van der Waals surface area contributed by atoms with Crippen molar-refractivity contribution in [3.8, 4) is 0 Å². The van der Waals surface area contributed by atoms with E-state index in [1.807, 2.05) is 7.05 Å². The lowest BCUT2D eigenvalue weighted by Gasteiger charge is -2.16. The lowest BCUT2D eigenvalue weighted by Crippen LogP contribution is -2.26. The quantitative estimate of drug-likeness (QED) is 0.518. The van der Waals surface area contributed by atoms with Crippen molar-refractivity contribution < 1.29 is 13.9 Å². The molecule has 0 heterocycles. The zero-order valence-corrected chi connectivity index (χ0v) is 12.9. The first-order valence-corrected chi connectivity index (χ1v) is 7.62. The topological polar surface area (TPSA) is 29.5 Å². The van der Waals surface area contributed by atoms with Crippen LogP contribution in [-0.2, 0) is 4.74 Å². The van der Waals surface area contributed by atoms with Crippen molar-refractivity contribution in [1.29, 1.82) is 0 Å². The van der Waals surface area contributed by atoms with E-state index in [9.17, 15) is 9.18 Å². The predicted molar refractivity (Wildman–Crippen MR) is 81.1 cm³/mol. The molecule has 0 bridgehead atoms. The third-order valence-electron chi connectivity index (χ3n) is 3.88. The standard InChI is InChI=1S/C17H24FNO2/c1-13-3-6-15(11-16(13)18)17(20)7-8-19(2)9-10-21-12-14-4-5-14/h3,6,11,14H,4-5,7-10,12H2,1-2H3. The molecule has 1 aromatic rings. The van der Waals surface area contributed by atoms with Gasteiger partial charge in [0, 0.05) is 31.7 Å². The Kier molecular flexibility index (Phi) is 5.88. The summed E-state index contributed by atoms with van der Waals surface area (Å²) in [6.07, 6.45) is 3.01. The van der Waals surface area contributed by atoms with Crippen LogP contribution in [-0.4, -0.2) is 44.0 Å². The van der Waals surface area contributed by atoms with Crippen LogP contribution >= 0.6 is 0 Å². The molecule has 0 spiro atoms. The Labute approximate surface area is 126 Å². The van der Waals surface area contributed by atoms with Crippen molar-refractivity contribution in [3.63, 3.8) is 0 Å². The van der Waals surface area contributed by atoms with E-state index in [0.717, 1.165) is 19.1 Å². The number of ketones is 1. The monoisotopic (exact) mass is 293 g/mol.